The fourth-order valence-corrected chi connectivity index (χ4v) is 6.08. The predicted molar refractivity (Wildman–Crippen MR) is 164 cm³/mol. The summed E-state index contributed by atoms with van der Waals surface area (Å²) in [6, 6.07) is 9.71. The van der Waals surface area contributed by atoms with Gasteiger partial charge in [0.05, 0.1) is 34.7 Å². The van der Waals surface area contributed by atoms with E-state index in [4.69, 9.17) is 38.4 Å². The van der Waals surface area contributed by atoms with Gasteiger partial charge in [0.2, 0.25) is 11.8 Å². The summed E-state index contributed by atoms with van der Waals surface area (Å²) in [6.07, 6.45) is -0.454. The number of nitrogens with two attached hydrogens (primary N) is 1. The number of carbonyl (C=O) groups excluding carboxylic acids is 4. The smallest absolute Gasteiger partial charge is 0.411 e. The lowest BCUT2D eigenvalue weighted by molar-refractivity contribution is -0.129. The van der Waals surface area contributed by atoms with Gasteiger partial charge in [-0.1, -0.05) is 41.4 Å². The molecule has 2 aliphatic heterocycles. The third-order valence-corrected chi connectivity index (χ3v) is 8.30. The molecule has 2 saturated heterocycles. The molecule has 0 radical (unpaired) electrons. The van der Waals surface area contributed by atoms with Crippen LogP contribution in [0.25, 0.3) is 0 Å². The molecule has 2 aromatic carbocycles. The predicted octanol–water partition coefficient (Wildman–Crippen LogP) is 3.02. The Hall–Kier alpha value is -2.74. The van der Waals surface area contributed by atoms with Crippen molar-refractivity contribution >= 4 is 76.9 Å². The molecule has 2 atom stereocenters. The number of benzene rings is 2. The van der Waals surface area contributed by atoms with E-state index >= 15 is 0 Å². The Bertz CT molecular complexity index is 1250. The van der Waals surface area contributed by atoms with Gasteiger partial charge in [-0.05, 0) is 29.8 Å². The van der Waals surface area contributed by atoms with E-state index in [1.807, 2.05) is 0 Å². The zero-order valence-electron chi connectivity index (χ0n) is 22.6. The number of primary amides is 1. The van der Waals surface area contributed by atoms with E-state index in [9.17, 15) is 19.2 Å². The highest BCUT2D eigenvalue weighted by molar-refractivity contribution is 7.99. The number of amides is 4. The second kappa shape index (κ2) is 16.2. The van der Waals surface area contributed by atoms with Gasteiger partial charge in [-0.15, -0.1) is 24.2 Å². The van der Waals surface area contributed by atoms with Crippen molar-refractivity contribution in [1.82, 2.24) is 15.1 Å². The molecular weight excluding hydrogens is 629 g/mol. The van der Waals surface area contributed by atoms with Crippen molar-refractivity contribution in [2.75, 3.05) is 56.4 Å². The second-order valence-electron chi connectivity index (χ2n) is 9.47. The molecule has 2 fully saturated rings. The first-order valence-electron chi connectivity index (χ1n) is 13.0. The van der Waals surface area contributed by atoms with Crippen molar-refractivity contribution in [2.24, 2.45) is 5.73 Å². The summed E-state index contributed by atoms with van der Waals surface area (Å²) < 4.78 is 10.7. The third kappa shape index (κ3) is 9.13. The topological polar surface area (TPSA) is 143 Å². The maximum Gasteiger partial charge on any atom is 0.411 e. The molecule has 0 unspecified atom stereocenters. The molecule has 42 heavy (non-hydrogen) atoms. The Kier molecular flexibility index (Phi) is 13.0. The Balaban J connectivity index is 0.00000484. The zero-order valence-corrected chi connectivity index (χ0v) is 25.7. The number of hydrogen-bond acceptors (Lipinski definition) is 8. The van der Waals surface area contributed by atoms with Crippen molar-refractivity contribution in [3.8, 4) is 0 Å². The zero-order chi connectivity index (χ0) is 29.4. The Morgan fingerprint density at radius 2 is 1.74 bits per heavy atom. The lowest BCUT2D eigenvalue weighted by Crippen LogP contribution is -2.54. The highest BCUT2D eigenvalue weighted by atomic mass is 35.5. The van der Waals surface area contributed by atoms with Crippen molar-refractivity contribution in [1.29, 1.82) is 0 Å². The summed E-state index contributed by atoms with van der Waals surface area (Å²) in [7, 11) is 0. The van der Waals surface area contributed by atoms with E-state index < -0.39 is 35.9 Å². The quantitative estimate of drug-likeness (QED) is 0.353. The van der Waals surface area contributed by atoms with E-state index in [1.54, 1.807) is 42.5 Å². The summed E-state index contributed by atoms with van der Waals surface area (Å²) >= 11 is 13.6. The van der Waals surface area contributed by atoms with Crippen LogP contribution in [0, 0.1) is 0 Å². The molecule has 0 aliphatic carbocycles. The number of rotatable bonds is 10. The SMILES string of the molecule is Cl.NC(=O)[C@H](Cc1ccc(NC(=O)c2c(Cl)cccc2Cl)cc1)NC(=O)[C@H]1CSCN1C(=O)OCCN1CCOCC1. The summed E-state index contributed by atoms with van der Waals surface area (Å²) in [6.45, 7) is 3.67. The monoisotopic (exact) mass is 659 g/mol. The van der Waals surface area contributed by atoms with Crippen LogP contribution in [0.2, 0.25) is 10.0 Å². The third-order valence-electron chi connectivity index (χ3n) is 6.66. The number of ether oxygens (including phenoxy) is 2. The summed E-state index contributed by atoms with van der Waals surface area (Å²) in [5.74, 6) is -0.977. The Labute approximate surface area is 264 Å². The van der Waals surface area contributed by atoms with Gasteiger partial charge in [0.25, 0.3) is 5.91 Å². The molecule has 11 nitrogen and oxygen atoms in total. The molecule has 0 aromatic heterocycles. The standard InChI is InChI=1S/C27H31Cl2N5O6S.ClH/c28-19-2-1-3-20(29)23(19)26(37)31-18-6-4-17(5-7-18)14-21(24(30)35)32-25(36)22-15-41-16-34(22)27(38)40-13-10-33-8-11-39-12-9-33;/h1-7,21-22H,8-16H2,(H2,30,35)(H,31,37)(H,32,36);1H/t21-,22+;/m0./s1. The maximum atomic E-state index is 13.1. The normalized spacial score (nSPS) is 17.6. The number of thioether (sulfide) groups is 1. The lowest BCUT2D eigenvalue weighted by atomic mass is 10.0. The Morgan fingerprint density at radius 1 is 1.07 bits per heavy atom. The van der Waals surface area contributed by atoms with Gasteiger partial charge in [-0.25, -0.2) is 4.79 Å². The summed E-state index contributed by atoms with van der Waals surface area (Å²) in [4.78, 5) is 54.1. The van der Waals surface area contributed by atoms with E-state index in [0.717, 1.165) is 13.1 Å². The van der Waals surface area contributed by atoms with E-state index in [0.29, 0.717) is 42.6 Å². The van der Waals surface area contributed by atoms with Gasteiger partial charge in [-0.3, -0.25) is 24.2 Å². The molecule has 2 aliphatic rings. The highest BCUT2D eigenvalue weighted by Crippen LogP contribution is 2.26. The van der Waals surface area contributed by atoms with Crippen molar-refractivity contribution in [3.63, 3.8) is 0 Å². The number of nitrogens with zero attached hydrogens (tertiary/aromatic N) is 2. The van der Waals surface area contributed by atoms with E-state index in [2.05, 4.69) is 15.5 Å². The molecule has 2 aromatic rings. The summed E-state index contributed by atoms with van der Waals surface area (Å²) in [5.41, 5.74) is 6.94. The van der Waals surface area contributed by atoms with Crippen LogP contribution in [0.3, 0.4) is 0 Å². The van der Waals surface area contributed by atoms with Crippen LogP contribution in [0.5, 0.6) is 0 Å². The van der Waals surface area contributed by atoms with Crippen molar-refractivity contribution < 1.29 is 28.7 Å². The summed E-state index contributed by atoms with van der Waals surface area (Å²) in [5, 5.41) is 5.87. The largest absolute Gasteiger partial charge is 0.448 e. The molecule has 0 bridgehead atoms. The molecule has 4 rings (SSSR count). The second-order valence-corrected chi connectivity index (χ2v) is 11.3. The van der Waals surface area contributed by atoms with Gasteiger partial charge < -0.3 is 25.8 Å². The van der Waals surface area contributed by atoms with Crippen LogP contribution in [0.15, 0.2) is 42.5 Å². The van der Waals surface area contributed by atoms with E-state index in [-0.39, 0.29) is 41.0 Å². The number of nitrogens with one attached hydrogen (secondary N) is 2. The molecule has 228 valence electrons. The lowest BCUT2D eigenvalue weighted by Gasteiger charge is -2.27. The van der Waals surface area contributed by atoms with Gasteiger partial charge >= 0.3 is 6.09 Å². The average molecular weight is 661 g/mol. The molecule has 0 saturated carbocycles. The van der Waals surface area contributed by atoms with Crippen LogP contribution in [0.1, 0.15) is 15.9 Å². The number of anilines is 1. The van der Waals surface area contributed by atoms with Crippen LogP contribution >= 0.6 is 47.4 Å². The molecular formula is C27H32Cl3N5O6S. The first kappa shape index (κ1) is 33.8. The van der Waals surface area contributed by atoms with Crippen molar-refractivity contribution in [3.05, 3.63) is 63.6 Å². The van der Waals surface area contributed by atoms with Crippen LogP contribution < -0.4 is 16.4 Å². The van der Waals surface area contributed by atoms with Gasteiger partial charge in [0, 0.05) is 37.5 Å². The minimum absolute atomic E-state index is 0. The van der Waals surface area contributed by atoms with Crippen LogP contribution in [0.4, 0.5) is 10.5 Å². The first-order chi connectivity index (χ1) is 19.7. The Morgan fingerprint density at radius 3 is 2.38 bits per heavy atom. The molecule has 4 N–H and O–H groups in total. The number of hydrogen-bond donors (Lipinski definition) is 3. The fraction of sp³-hybridized carbons (Fsp3) is 0.407. The highest BCUT2D eigenvalue weighted by Gasteiger charge is 2.37. The first-order valence-corrected chi connectivity index (χ1v) is 14.9. The van der Waals surface area contributed by atoms with Gasteiger partial charge in [0.1, 0.15) is 18.7 Å². The van der Waals surface area contributed by atoms with E-state index in [1.165, 1.54) is 16.7 Å². The molecule has 4 amide bonds. The molecule has 0 spiro atoms. The van der Waals surface area contributed by atoms with Crippen molar-refractivity contribution in [2.45, 2.75) is 18.5 Å². The number of halogens is 3. The average Bonchev–Trinajstić information content (AvgIpc) is 3.45. The van der Waals surface area contributed by atoms with Crippen LogP contribution in [-0.2, 0) is 25.5 Å². The molecule has 2 heterocycles. The van der Waals surface area contributed by atoms with Crippen LogP contribution in [-0.4, -0.2) is 96.8 Å². The van der Waals surface area contributed by atoms with Gasteiger partial charge in [0.15, 0.2) is 0 Å². The minimum atomic E-state index is -1.00. The maximum absolute atomic E-state index is 13.1. The van der Waals surface area contributed by atoms with Gasteiger partial charge in [-0.2, -0.15) is 0 Å². The minimum Gasteiger partial charge on any atom is -0.448 e. The fourth-order valence-electron chi connectivity index (χ4n) is 4.37. The number of morpholine rings is 1. The molecule has 15 heteroatoms. The number of carbonyl (C=O) groups is 4.